The van der Waals surface area contributed by atoms with Gasteiger partial charge in [0.15, 0.2) is 23.0 Å². The summed E-state index contributed by atoms with van der Waals surface area (Å²) in [5.74, 6) is 3.30. The third-order valence-corrected chi connectivity index (χ3v) is 5.33. The first-order valence-corrected chi connectivity index (χ1v) is 9.60. The molecule has 27 heavy (non-hydrogen) atoms. The highest BCUT2D eigenvalue weighted by molar-refractivity contribution is 5.48. The van der Waals surface area contributed by atoms with Gasteiger partial charge in [-0.3, -0.25) is 0 Å². The zero-order chi connectivity index (χ0) is 19.2. The van der Waals surface area contributed by atoms with Gasteiger partial charge in [0, 0.05) is 6.42 Å². The normalized spacial score (nSPS) is 18.5. The fraction of sp³-hybridized carbons (Fsp3) is 0.478. The lowest BCUT2D eigenvalue weighted by Crippen LogP contribution is -2.30. The summed E-state index contributed by atoms with van der Waals surface area (Å²) >= 11 is 0. The molecule has 0 bridgehead atoms. The molecule has 1 atom stereocenters. The molecule has 1 unspecified atom stereocenters. The average Bonchev–Trinajstić information content (AvgIpc) is 3.01. The van der Waals surface area contributed by atoms with E-state index in [0.717, 1.165) is 29.4 Å². The van der Waals surface area contributed by atoms with E-state index in [4.69, 9.17) is 18.9 Å². The van der Waals surface area contributed by atoms with Gasteiger partial charge in [0.25, 0.3) is 0 Å². The van der Waals surface area contributed by atoms with Crippen LogP contribution >= 0.6 is 0 Å². The van der Waals surface area contributed by atoms with Gasteiger partial charge in [0.2, 0.25) is 6.29 Å². The number of rotatable bonds is 3. The molecule has 0 radical (unpaired) electrons. The molecule has 4 rings (SSSR count). The molecular formula is C23H28O4. The monoisotopic (exact) mass is 368 g/mol. The summed E-state index contributed by atoms with van der Waals surface area (Å²) in [6.07, 6.45) is 0.449. The van der Waals surface area contributed by atoms with Crippen molar-refractivity contribution in [1.29, 1.82) is 0 Å². The van der Waals surface area contributed by atoms with E-state index in [-0.39, 0.29) is 17.1 Å². The molecule has 4 heteroatoms. The topological polar surface area (TPSA) is 36.9 Å². The minimum absolute atomic E-state index is 0.0843. The highest BCUT2D eigenvalue weighted by atomic mass is 16.7. The lowest BCUT2D eigenvalue weighted by Gasteiger charge is -2.29. The Labute approximate surface area is 161 Å². The van der Waals surface area contributed by atoms with Gasteiger partial charge in [-0.2, -0.15) is 0 Å². The minimum atomic E-state index is -0.293. The van der Waals surface area contributed by atoms with Crippen molar-refractivity contribution >= 4 is 0 Å². The minimum Gasteiger partial charge on any atom is -0.486 e. The van der Waals surface area contributed by atoms with E-state index in [1.54, 1.807) is 0 Å². The van der Waals surface area contributed by atoms with Crippen LogP contribution in [0.4, 0.5) is 0 Å². The average molecular weight is 368 g/mol. The number of hydrogen-bond donors (Lipinski definition) is 0. The van der Waals surface area contributed by atoms with Crippen molar-refractivity contribution in [2.45, 2.75) is 58.2 Å². The van der Waals surface area contributed by atoms with Crippen molar-refractivity contribution in [2.24, 2.45) is 0 Å². The lowest BCUT2D eigenvalue weighted by molar-refractivity contribution is 0.0248. The Morgan fingerprint density at radius 1 is 0.741 bits per heavy atom. The molecule has 0 aromatic heterocycles. The number of benzene rings is 2. The quantitative estimate of drug-likeness (QED) is 0.744. The maximum atomic E-state index is 6.13. The van der Waals surface area contributed by atoms with Gasteiger partial charge in [0.05, 0.1) is 0 Å². The van der Waals surface area contributed by atoms with Gasteiger partial charge in [-0.05, 0) is 46.2 Å². The van der Waals surface area contributed by atoms with Gasteiger partial charge < -0.3 is 18.9 Å². The molecule has 2 aromatic rings. The Morgan fingerprint density at radius 2 is 1.33 bits per heavy atom. The zero-order valence-electron chi connectivity index (χ0n) is 16.8. The maximum absolute atomic E-state index is 6.13. The van der Waals surface area contributed by atoms with Crippen LogP contribution < -0.4 is 18.9 Å². The number of fused-ring (bicyclic) bond motifs is 2. The standard InChI is InChI=1S/C23H28O4/c1-22(2,3)15-6-9-18-20(12-15)27-21(26-18)14-23(4,5)16-7-8-17-19(13-16)25-11-10-24-17/h6-9,12-13,21H,10-11,14H2,1-5H3. The Balaban J connectivity index is 1.50. The second-order valence-corrected chi connectivity index (χ2v) is 9.02. The zero-order valence-corrected chi connectivity index (χ0v) is 16.8. The highest BCUT2D eigenvalue weighted by Crippen LogP contribution is 2.42. The second-order valence-electron chi connectivity index (χ2n) is 9.02. The summed E-state index contributed by atoms with van der Waals surface area (Å²) < 4.78 is 23.6. The molecule has 4 nitrogen and oxygen atoms in total. The first kappa shape index (κ1) is 18.0. The van der Waals surface area contributed by atoms with E-state index in [2.05, 4.69) is 58.9 Å². The van der Waals surface area contributed by atoms with Crippen molar-refractivity contribution in [3.63, 3.8) is 0 Å². The van der Waals surface area contributed by atoms with Crippen LogP contribution in [0, 0.1) is 0 Å². The Kier molecular flexibility index (Phi) is 4.25. The summed E-state index contributed by atoms with van der Waals surface area (Å²) in [7, 11) is 0. The summed E-state index contributed by atoms with van der Waals surface area (Å²) in [5.41, 5.74) is 2.39. The molecule has 0 N–H and O–H groups in total. The maximum Gasteiger partial charge on any atom is 0.242 e. The molecule has 2 aromatic carbocycles. The van der Waals surface area contributed by atoms with E-state index in [0.29, 0.717) is 13.2 Å². The van der Waals surface area contributed by atoms with E-state index >= 15 is 0 Å². The molecule has 0 spiro atoms. The summed E-state index contributed by atoms with van der Waals surface area (Å²) in [6.45, 7) is 12.2. The van der Waals surface area contributed by atoms with Crippen molar-refractivity contribution in [2.75, 3.05) is 13.2 Å². The third-order valence-electron chi connectivity index (χ3n) is 5.33. The Bertz CT molecular complexity index is 848. The van der Waals surface area contributed by atoms with E-state index < -0.39 is 0 Å². The first-order valence-electron chi connectivity index (χ1n) is 9.60. The van der Waals surface area contributed by atoms with Crippen molar-refractivity contribution < 1.29 is 18.9 Å². The van der Waals surface area contributed by atoms with Crippen LogP contribution in [0.5, 0.6) is 23.0 Å². The van der Waals surface area contributed by atoms with Crippen LogP contribution in [0.1, 0.15) is 52.2 Å². The predicted molar refractivity (Wildman–Crippen MR) is 105 cm³/mol. The Morgan fingerprint density at radius 3 is 2.07 bits per heavy atom. The van der Waals surface area contributed by atoms with Gasteiger partial charge in [-0.1, -0.05) is 46.8 Å². The fourth-order valence-electron chi connectivity index (χ4n) is 3.55. The van der Waals surface area contributed by atoms with Gasteiger partial charge in [0.1, 0.15) is 13.2 Å². The molecular weight excluding hydrogens is 340 g/mol. The van der Waals surface area contributed by atoms with Crippen LogP contribution in [0.3, 0.4) is 0 Å². The van der Waals surface area contributed by atoms with Gasteiger partial charge in [-0.25, -0.2) is 0 Å². The smallest absolute Gasteiger partial charge is 0.242 e. The molecule has 2 aliphatic heterocycles. The molecule has 2 aliphatic rings. The molecule has 0 amide bonds. The highest BCUT2D eigenvalue weighted by Gasteiger charge is 2.33. The molecule has 2 heterocycles. The molecule has 144 valence electrons. The summed E-state index contributed by atoms with van der Waals surface area (Å²) in [5, 5.41) is 0. The SMILES string of the molecule is CC(C)(C)c1ccc2c(c1)OC(CC(C)(C)c1ccc3c(c1)OCCO3)O2. The number of ether oxygens (including phenoxy) is 4. The van der Waals surface area contributed by atoms with E-state index in [9.17, 15) is 0 Å². The lowest BCUT2D eigenvalue weighted by atomic mass is 9.81. The van der Waals surface area contributed by atoms with Gasteiger partial charge in [-0.15, -0.1) is 0 Å². The second kappa shape index (κ2) is 6.36. The molecule has 0 aliphatic carbocycles. The van der Waals surface area contributed by atoms with E-state index in [1.807, 2.05) is 12.1 Å². The third kappa shape index (κ3) is 3.58. The first-order chi connectivity index (χ1) is 12.7. The molecule has 0 fully saturated rings. The van der Waals surface area contributed by atoms with Gasteiger partial charge >= 0.3 is 0 Å². The van der Waals surface area contributed by atoms with E-state index in [1.165, 1.54) is 11.1 Å². The largest absolute Gasteiger partial charge is 0.486 e. The van der Waals surface area contributed by atoms with Crippen LogP contribution in [0.2, 0.25) is 0 Å². The van der Waals surface area contributed by atoms with Crippen molar-refractivity contribution in [3.8, 4) is 23.0 Å². The van der Waals surface area contributed by atoms with Crippen LogP contribution in [-0.4, -0.2) is 19.5 Å². The summed E-state index contributed by atoms with van der Waals surface area (Å²) in [6, 6.07) is 12.4. The van der Waals surface area contributed by atoms with Crippen molar-refractivity contribution in [3.05, 3.63) is 47.5 Å². The molecule has 0 saturated carbocycles. The Hall–Kier alpha value is -2.36. The fourth-order valence-corrected chi connectivity index (χ4v) is 3.55. The van der Waals surface area contributed by atoms with Crippen LogP contribution in [0.25, 0.3) is 0 Å². The van der Waals surface area contributed by atoms with Crippen molar-refractivity contribution in [1.82, 2.24) is 0 Å². The summed E-state index contributed by atoms with van der Waals surface area (Å²) in [4.78, 5) is 0. The number of hydrogen-bond acceptors (Lipinski definition) is 4. The van der Waals surface area contributed by atoms with Crippen LogP contribution in [0.15, 0.2) is 36.4 Å². The van der Waals surface area contributed by atoms with Crippen LogP contribution in [-0.2, 0) is 10.8 Å². The predicted octanol–water partition coefficient (Wildman–Crippen LogP) is 5.22. The molecule has 0 saturated heterocycles.